The van der Waals surface area contributed by atoms with E-state index in [1.807, 2.05) is 30.7 Å². The molecule has 2 fully saturated rings. The van der Waals surface area contributed by atoms with Crippen molar-refractivity contribution in [3.05, 3.63) is 46.5 Å². The van der Waals surface area contributed by atoms with Gasteiger partial charge in [0.1, 0.15) is 12.4 Å². The highest BCUT2D eigenvalue weighted by Gasteiger charge is 2.44. The summed E-state index contributed by atoms with van der Waals surface area (Å²) in [7, 11) is 1.98. The molecule has 7 nitrogen and oxygen atoms in total. The summed E-state index contributed by atoms with van der Waals surface area (Å²) in [5.74, 6) is 2.61. The van der Waals surface area contributed by atoms with Gasteiger partial charge < -0.3 is 15.2 Å². The molecule has 1 saturated heterocycles. The van der Waals surface area contributed by atoms with Crippen LogP contribution in [-0.2, 0) is 19.0 Å². The molecule has 0 spiro atoms. The minimum absolute atomic E-state index is 0. The summed E-state index contributed by atoms with van der Waals surface area (Å²) < 4.78 is 1.99. The molecule has 2 aliphatic rings. The Morgan fingerprint density at radius 1 is 1.28 bits per heavy atom. The van der Waals surface area contributed by atoms with Crippen LogP contribution >= 0.6 is 35.6 Å². The number of nitrogens with one attached hydrogen (secondary N) is 2. The van der Waals surface area contributed by atoms with Gasteiger partial charge in [-0.2, -0.15) is 0 Å². The van der Waals surface area contributed by atoms with Crippen molar-refractivity contribution in [3.63, 3.8) is 0 Å². The quantitative estimate of drug-likeness (QED) is 0.288. The predicted octanol–water partition coefficient (Wildman–Crippen LogP) is 3.65. The zero-order chi connectivity index (χ0) is 21.8. The van der Waals surface area contributed by atoms with Crippen LogP contribution in [0.25, 0.3) is 0 Å². The number of guanidine groups is 1. The van der Waals surface area contributed by atoms with E-state index < -0.39 is 0 Å². The Kier molecular flexibility index (Phi) is 8.80. The van der Waals surface area contributed by atoms with Crippen LogP contribution in [0.15, 0.2) is 29.3 Å². The standard InChI is InChI=1S/C23H34ClN7.HI/c1-4-31-12-6-9-20(31)14-25-22(26-15-21-29-28-17(2)30(21)3)27-16-23(10-11-23)18-7-5-8-19(24)13-18;/h5,7-8,13,20H,4,6,9-12,14-16H2,1-3H3,(H2,25,26,27);1H. The minimum Gasteiger partial charge on any atom is -0.356 e. The van der Waals surface area contributed by atoms with Crippen molar-refractivity contribution in [2.45, 2.75) is 57.5 Å². The minimum atomic E-state index is 0. The van der Waals surface area contributed by atoms with E-state index in [9.17, 15) is 0 Å². The molecule has 4 rings (SSSR count). The molecule has 2 heterocycles. The van der Waals surface area contributed by atoms with Crippen molar-refractivity contribution in [2.75, 3.05) is 26.2 Å². The van der Waals surface area contributed by atoms with Crippen molar-refractivity contribution < 1.29 is 0 Å². The number of aliphatic imine (C=N–C) groups is 1. The van der Waals surface area contributed by atoms with Crippen molar-refractivity contribution in [2.24, 2.45) is 12.0 Å². The van der Waals surface area contributed by atoms with E-state index in [4.69, 9.17) is 16.6 Å². The number of hydrogen-bond acceptors (Lipinski definition) is 4. The highest BCUT2D eigenvalue weighted by molar-refractivity contribution is 14.0. The predicted molar refractivity (Wildman–Crippen MR) is 141 cm³/mol. The van der Waals surface area contributed by atoms with Gasteiger partial charge in [0, 0.05) is 36.6 Å². The van der Waals surface area contributed by atoms with Crippen LogP contribution in [0.4, 0.5) is 0 Å². The Hall–Kier alpha value is -1.39. The van der Waals surface area contributed by atoms with E-state index in [-0.39, 0.29) is 29.4 Å². The average molecular weight is 572 g/mol. The zero-order valence-electron chi connectivity index (χ0n) is 19.3. The topological polar surface area (TPSA) is 70.4 Å². The van der Waals surface area contributed by atoms with E-state index in [2.05, 4.69) is 44.8 Å². The Morgan fingerprint density at radius 2 is 2.09 bits per heavy atom. The van der Waals surface area contributed by atoms with Gasteiger partial charge in [-0.15, -0.1) is 34.2 Å². The Morgan fingerprint density at radius 3 is 2.75 bits per heavy atom. The van der Waals surface area contributed by atoms with Crippen LogP contribution < -0.4 is 10.6 Å². The molecule has 176 valence electrons. The van der Waals surface area contributed by atoms with Crippen LogP contribution in [0.2, 0.25) is 5.02 Å². The van der Waals surface area contributed by atoms with Gasteiger partial charge in [-0.05, 0) is 63.4 Å². The summed E-state index contributed by atoms with van der Waals surface area (Å²) in [5.41, 5.74) is 1.46. The van der Waals surface area contributed by atoms with E-state index >= 15 is 0 Å². The maximum atomic E-state index is 6.25. The average Bonchev–Trinajstić information content (AvgIpc) is 3.32. The molecule has 1 aromatic carbocycles. The van der Waals surface area contributed by atoms with E-state index in [1.165, 1.54) is 37.8 Å². The summed E-state index contributed by atoms with van der Waals surface area (Å²) in [6.07, 6.45) is 4.85. The van der Waals surface area contributed by atoms with Crippen LogP contribution in [0.1, 0.15) is 49.8 Å². The first-order valence-electron chi connectivity index (χ1n) is 11.4. The van der Waals surface area contributed by atoms with E-state index in [1.54, 1.807) is 0 Å². The Bertz CT molecular complexity index is 925. The first-order chi connectivity index (χ1) is 15.0. The van der Waals surface area contributed by atoms with Crippen LogP contribution in [0.5, 0.6) is 0 Å². The third kappa shape index (κ3) is 5.94. The normalized spacial score (nSPS) is 20.1. The largest absolute Gasteiger partial charge is 0.356 e. The molecular weight excluding hydrogens is 537 g/mol. The van der Waals surface area contributed by atoms with Gasteiger partial charge in [0.25, 0.3) is 0 Å². The van der Waals surface area contributed by atoms with Gasteiger partial charge in [0.05, 0.1) is 0 Å². The molecule has 9 heteroatoms. The fraction of sp³-hybridized carbons (Fsp3) is 0.609. The Balaban J connectivity index is 0.00000289. The lowest BCUT2D eigenvalue weighted by Crippen LogP contribution is -2.46. The smallest absolute Gasteiger partial charge is 0.191 e. The molecule has 1 unspecified atom stereocenters. The summed E-state index contributed by atoms with van der Waals surface area (Å²) in [5, 5.41) is 16.4. The second-order valence-corrected chi connectivity index (χ2v) is 9.27. The van der Waals surface area contributed by atoms with Gasteiger partial charge in [-0.25, -0.2) is 4.99 Å². The zero-order valence-corrected chi connectivity index (χ0v) is 22.4. The van der Waals surface area contributed by atoms with Gasteiger partial charge in [-0.1, -0.05) is 30.7 Å². The molecule has 2 N–H and O–H groups in total. The van der Waals surface area contributed by atoms with Crippen molar-refractivity contribution in [1.29, 1.82) is 0 Å². The van der Waals surface area contributed by atoms with Gasteiger partial charge in [0.15, 0.2) is 11.8 Å². The van der Waals surface area contributed by atoms with Crippen molar-refractivity contribution >= 4 is 41.5 Å². The van der Waals surface area contributed by atoms with Crippen molar-refractivity contribution in [3.8, 4) is 0 Å². The fourth-order valence-corrected chi connectivity index (χ4v) is 4.65. The molecule has 0 bridgehead atoms. The van der Waals surface area contributed by atoms with Crippen LogP contribution in [-0.4, -0.2) is 57.8 Å². The first kappa shape index (κ1) is 25.2. The molecule has 1 aromatic heterocycles. The fourth-order valence-electron chi connectivity index (χ4n) is 4.46. The lowest BCUT2D eigenvalue weighted by molar-refractivity contribution is 0.267. The number of hydrogen-bond donors (Lipinski definition) is 2. The maximum Gasteiger partial charge on any atom is 0.191 e. The third-order valence-electron chi connectivity index (χ3n) is 6.86. The highest BCUT2D eigenvalue weighted by Crippen LogP contribution is 2.48. The molecule has 32 heavy (non-hydrogen) atoms. The molecule has 0 amide bonds. The number of likely N-dealkylation sites (tertiary alicyclic amines) is 1. The van der Waals surface area contributed by atoms with Gasteiger partial charge in [-0.3, -0.25) is 4.90 Å². The number of likely N-dealkylation sites (N-methyl/N-ethyl adjacent to an activating group) is 1. The summed E-state index contributed by atoms with van der Waals surface area (Å²) in [4.78, 5) is 7.40. The number of rotatable bonds is 8. The van der Waals surface area contributed by atoms with Crippen molar-refractivity contribution in [1.82, 2.24) is 30.3 Å². The number of halogens is 2. The summed E-state index contributed by atoms with van der Waals surface area (Å²) >= 11 is 6.25. The molecule has 1 saturated carbocycles. The van der Waals surface area contributed by atoms with Gasteiger partial charge >= 0.3 is 0 Å². The second-order valence-electron chi connectivity index (χ2n) is 8.84. The lowest BCUT2D eigenvalue weighted by atomic mass is 9.96. The highest BCUT2D eigenvalue weighted by atomic mass is 127. The lowest BCUT2D eigenvalue weighted by Gasteiger charge is -2.25. The van der Waals surface area contributed by atoms with Crippen LogP contribution in [0, 0.1) is 6.92 Å². The number of aromatic nitrogens is 3. The molecule has 2 aromatic rings. The molecule has 0 radical (unpaired) electrons. The molecule has 1 aliphatic heterocycles. The van der Waals surface area contributed by atoms with E-state index in [0.29, 0.717) is 12.6 Å². The summed E-state index contributed by atoms with van der Waals surface area (Å²) in [6.45, 7) is 8.74. The number of aryl methyl sites for hydroxylation is 1. The summed E-state index contributed by atoms with van der Waals surface area (Å²) in [6, 6.07) is 8.83. The molecule has 1 atom stereocenters. The molecular formula is C23H35ClIN7. The first-order valence-corrected chi connectivity index (χ1v) is 11.8. The SMILES string of the molecule is CCN1CCCC1CNC(=NCc1nnc(C)n1C)NCC1(c2cccc(Cl)c2)CC1.I. The second kappa shape index (κ2) is 11.2. The number of benzene rings is 1. The molecule has 1 aliphatic carbocycles. The Labute approximate surface area is 213 Å². The van der Waals surface area contributed by atoms with E-state index in [0.717, 1.165) is 42.3 Å². The monoisotopic (exact) mass is 571 g/mol. The number of nitrogens with zero attached hydrogens (tertiary/aromatic N) is 5. The third-order valence-corrected chi connectivity index (χ3v) is 7.09. The van der Waals surface area contributed by atoms with Gasteiger partial charge in [0.2, 0.25) is 0 Å². The van der Waals surface area contributed by atoms with Crippen LogP contribution in [0.3, 0.4) is 0 Å². The maximum absolute atomic E-state index is 6.25.